The predicted octanol–water partition coefficient (Wildman–Crippen LogP) is 4.42. The van der Waals surface area contributed by atoms with Crippen molar-refractivity contribution >= 4 is 33.3 Å². The predicted molar refractivity (Wildman–Crippen MR) is 86.3 cm³/mol. The van der Waals surface area contributed by atoms with Gasteiger partial charge in [0.25, 0.3) is 0 Å². The molecule has 0 bridgehead atoms. The van der Waals surface area contributed by atoms with Crippen molar-refractivity contribution in [2.75, 3.05) is 13.6 Å². The quantitative estimate of drug-likeness (QED) is 0.743. The minimum absolute atomic E-state index is 0.107. The topological polar surface area (TPSA) is 20.3 Å². The van der Waals surface area contributed by atoms with Crippen LogP contribution < -0.4 is 0 Å². The van der Waals surface area contributed by atoms with Crippen molar-refractivity contribution in [3.63, 3.8) is 0 Å². The summed E-state index contributed by atoms with van der Waals surface area (Å²) in [7, 11) is 1.93. The first-order valence-electron chi connectivity index (χ1n) is 6.26. The minimum Gasteiger partial charge on any atom is -0.295 e. The number of rotatable bonds is 5. The molecule has 20 heavy (non-hydrogen) atoms. The fraction of sp³-hybridized carbons (Fsp3) is 0.188. The van der Waals surface area contributed by atoms with Gasteiger partial charge in [-0.05, 0) is 36.9 Å². The van der Waals surface area contributed by atoms with Crippen LogP contribution in [0.5, 0.6) is 0 Å². The average Bonchev–Trinajstić information content (AvgIpc) is 2.38. The Labute approximate surface area is 132 Å². The van der Waals surface area contributed by atoms with Crippen LogP contribution in [0.2, 0.25) is 5.02 Å². The van der Waals surface area contributed by atoms with Crippen LogP contribution in [0, 0.1) is 0 Å². The highest BCUT2D eigenvalue weighted by Gasteiger charge is 2.10. The van der Waals surface area contributed by atoms with Gasteiger partial charge in [0.2, 0.25) is 0 Å². The van der Waals surface area contributed by atoms with Crippen LogP contribution >= 0.6 is 27.5 Å². The Hall–Kier alpha value is -1.16. The van der Waals surface area contributed by atoms with Gasteiger partial charge in [-0.3, -0.25) is 9.69 Å². The summed E-state index contributed by atoms with van der Waals surface area (Å²) in [6.45, 7) is 1.07. The molecule has 0 spiro atoms. The fourth-order valence-corrected chi connectivity index (χ4v) is 2.61. The Balaban J connectivity index is 1.97. The minimum atomic E-state index is 0.107. The van der Waals surface area contributed by atoms with Gasteiger partial charge < -0.3 is 0 Å². The average molecular weight is 353 g/mol. The van der Waals surface area contributed by atoms with Crippen LogP contribution in [0.3, 0.4) is 0 Å². The number of likely N-dealkylation sites (N-methyl/N-ethyl adjacent to an activating group) is 1. The van der Waals surface area contributed by atoms with Gasteiger partial charge >= 0.3 is 0 Å². The molecular weight excluding hydrogens is 338 g/mol. The van der Waals surface area contributed by atoms with Crippen molar-refractivity contribution in [1.82, 2.24) is 4.90 Å². The molecule has 0 aliphatic heterocycles. The van der Waals surface area contributed by atoms with Crippen molar-refractivity contribution in [2.24, 2.45) is 0 Å². The summed E-state index contributed by atoms with van der Waals surface area (Å²) in [5, 5.41) is 0.717. The highest BCUT2D eigenvalue weighted by atomic mass is 79.9. The number of nitrogens with zero attached hydrogens (tertiary/aromatic N) is 1. The second-order valence-electron chi connectivity index (χ2n) is 4.74. The first kappa shape index (κ1) is 15.2. The van der Waals surface area contributed by atoms with Crippen LogP contribution in [0.15, 0.2) is 53.0 Å². The zero-order valence-corrected chi connectivity index (χ0v) is 13.5. The number of hydrogen-bond acceptors (Lipinski definition) is 2. The molecule has 0 aliphatic rings. The number of carbonyl (C=O) groups is 1. The molecule has 0 saturated carbocycles. The third kappa shape index (κ3) is 4.44. The van der Waals surface area contributed by atoms with E-state index in [9.17, 15) is 4.79 Å². The van der Waals surface area contributed by atoms with Crippen molar-refractivity contribution in [2.45, 2.75) is 6.54 Å². The van der Waals surface area contributed by atoms with Gasteiger partial charge in [0.05, 0.1) is 6.54 Å². The number of ketones is 1. The van der Waals surface area contributed by atoms with E-state index in [2.05, 4.69) is 15.9 Å². The van der Waals surface area contributed by atoms with Gasteiger partial charge in [0.15, 0.2) is 5.78 Å². The normalized spacial score (nSPS) is 10.8. The number of benzene rings is 2. The van der Waals surface area contributed by atoms with Gasteiger partial charge in [0, 0.05) is 21.6 Å². The Morgan fingerprint density at radius 2 is 1.95 bits per heavy atom. The van der Waals surface area contributed by atoms with E-state index >= 15 is 0 Å². The molecule has 0 radical (unpaired) electrons. The third-order valence-electron chi connectivity index (χ3n) is 2.90. The van der Waals surface area contributed by atoms with Crippen LogP contribution in [-0.2, 0) is 6.54 Å². The molecule has 4 heteroatoms. The molecule has 0 atom stereocenters. The Morgan fingerprint density at radius 1 is 1.20 bits per heavy atom. The summed E-state index contributed by atoms with van der Waals surface area (Å²) in [5.74, 6) is 0.107. The standard InChI is InChI=1S/C16H15BrClNO/c1-19(10-12-4-2-7-15(18)8-12)11-16(20)13-5-3-6-14(17)9-13/h2-9H,10-11H2,1H3. The maximum Gasteiger partial charge on any atom is 0.176 e. The first-order valence-corrected chi connectivity index (χ1v) is 7.43. The van der Waals surface area contributed by atoms with Crippen molar-refractivity contribution in [1.29, 1.82) is 0 Å². The largest absolute Gasteiger partial charge is 0.295 e. The first-order chi connectivity index (χ1) is 9.54. The molecule has 0 aliphatic carbocycles. The van der Waals surface area contributed by atoms with Crippen molar-refractivity contribution in [3.8, 4) is 0 Å². The van der Waals surface area contributed by atoms with Gasteiger partial charge in [-0.25, -0.2) is 0 Å². The Bertz CT molecular complexity index is 615. The number of halogens is 2. The van der Waals surface area contributed by atoms with Crippen LogP contribution in [0.25, 0.3) is 0 Å². The summed E-state index contributed by atoms with van der Waals surface area (Å²) in [6.07, 6.45) is 0. The van der Waals surface area contributed by atoms with E-state index < -0.39 is 0 Å². The summed E-state index contributed by atoms with van der Waals surface area (Å²) >= 11 is 9.33. The van der Waals surface area contributed by atoms with E-state index in [4.69, 9.17) is 11.6 Å². The van der Waals surface area contributed by atoms with Crippen LogP contribution in [0.4, 0.5) is 0 Å². The summed E-state index contributed by atoms with van der Waals surface area (Å²) in [4.78, 5) is 14.2. The maximum absolute atomic E-state index is 12.2. The SMILES string of the molecule is CN(CC(=O)c1cccc(Br)c1)Cc1cccc(Cl)c1. The molecule has 0 N–H and O–H groups in total. The highest BCUT2D eigenvalue weighted by Crippen LogP contribution is 2.14. The summed E-state index contributed by atoms with van der Waals surface area (Å²) in [5.41, 5.74) is 1.82. The van der Waals surface area contributed by atoms with E-state index in [1.165, 1.54) is 0 Å². The molecule has 0 amide bonds. The number of Topliss-reactive ketones (excluding diaryl/α,β-unsaturated/α-hetero) is 1. The molecular formula is C16H15BrClNO. The monoisotopic (exact) mass is 351 g/mol. The van der Waals surface area contributed by atoms with Gasteiger partial charge in [-0.15, -0.1) is 0 Å². The zero-order chi connectivity index (χ0) is 14.5. The molecule has 0 aromatic heterocycles. The Morgan fingerprint density at radius 3 is 2.65 bits per heavy atom. The van der Waals surface area contributed by atoms with E-state index in [0.717, 1.165) is 15.6 Å². The molecule has 2 aromatic rings. The number of carbonyl (C=O) groups excluding carboxylic acids is 1. The van der Waals surface area contributed by atoms with Gasteiger partial charge in [-0.2, -0.15) is 0 Å². The van der Waals surface area contributed by atoms with E-state index in [1.807, 2.05) is 60.5 Å². The molecule has 2 nitrogen and oxygen atoms in total. The van der Waals surface area contributed by atoms with Crippen LogP contribution in [0.1, 0.15) is 15.9 Å². The maximum atomic E-state index is 12.2. The lowest BCUT2D eigenvalue weighted by atomic mass is 10.1. The molecule has 0 saturated heterocycles. The van der Waals surface area contributed by atoms with E-state index in [-0.39, 0.29) is 5.78 Å². The van der Waals surface area contributed by atoms with Crippen LogP contribution in [-0.4, -0.2) is 24.3 Å². The fourth-order valence-electron chi connectivity index (χ4n) is 2.00. The molecule has 104 valence electrons. The lowest BCUT2D eigenvalue weighted by molar-refractivity contribution is 0.0943. The third-order valence-corrected chi connectivity index (χ3v) is 3.63. The second kappa shape index (κ2) is 7.02. The highest BCUT2D eigenvalue weighted by molar-refractivity contribution is 9.10. The van der Waals surface area contributed by atoms with Crippen molar-refractivity contribution in [3.05, 3.63) is 69.2 Å². The van der Waals surface area contributed by atoms with Gasteiger partial charge in [0.1, 0.15) is 0 Å². The van der Waals surface area contributed by atoms with Crippen molar-refractivity contribution < 1.29 is 4.79 Å². The lowest BCUT2D eigenvalue weighted by Crippen LogP contribution is -2.25. The molecule has 0 heterocycles. The summed E-state index contributed by atoms with van der Waals surface area (Å²) < 4.78 is 0.917. The number of hydrogen-bond donors (Lipinski definition) is 0. The molecule has 0 fully saturated rings. The molecule has 2 rings (SSSR count). The zero-order valence-electron chi connectivity index (χ0n) is 11.1. The lowest BCUT2D eigenvalue weighted by Gasteiger charge is -2.16. The van der Waals surface area contributed by atoms with E-state index in [0.29, 0.717) is 18.1 Å². The van der Waals surface area contributed by atoms with E-state index in [1.54, 1.807) is 0 Å². The summed E-state index contributed by atoms with van der Waals surface area (Å²) in [6, 6.07) is 15.1. The second-order valence-corrected chi connectivity index (χ2v) is 6.09. The molecule has 2 aromatic carbocycles. The smallest absolute Gasteiger partial charge is 0.176 e. The molecule has 0 unspecified atom stereocenters. The Kier molecular flexibility index (Phi) is 5.35. The van der Waals surface area contributed by atoms with Gasteiger partial charge in [-0.1, -0.05) is 51.8 Å².